The van der Waals surface area contributed by atoms with E-state index in [-0.39, 0.29) is 0 Å². The maximum Gasteiger partial charge on any atom is 0.247 e. The van der Waals surface area contributed by atoms with Crippen LogP contribution in [0.4, 0.5) is 0 Å². The van der Waals surface area contributed by atoms with Gasteiger partial charge in [0.15, 0.2) is 0 Å². The second-order valence-corrected chi connectivity index (χ2v) is 5.20. The monoisotopic (exact) mass is 205 g/mol. The summed E-state index contributed by atoms with van der Waals surface area (Å²) in [5.74, 6) is 0. The number of rotatable bonds is 3. The summed E-state index contributed by atoms with van der Waals surface area (Å²) in [6, 6.07) is 1.81. The van der Waals surface area contributed by atoms with Crippen molar-refractivity contribution in [1.82, 2.24) is 0 Å². The summed E-state index contributed by atoms with van der Waals surface area (Å²) in [5, 5.41) is 6.77. The first-order valence-corrected chi connectivity index (χ1v) is 6.07. The van der Waals surface area contributed by atoms with Gasteiger partial charge >= 0.3 is 0 Å². The van der Waals surface area contributed by atoms with Crippen LogP contribution < -0.4 is 5.14 Å². The van der Waals surface area contributed by atoms with Crippen molar-refractivity contribution in [3.8, 4) is 0 Å². The Hall–Kier alpha value is -0.390. The van der Waals surface area contributed by atoms with Crippen LogP contribution in [0.1, 0.15) is 18.9 Å². The number of primary sulfonamides is 1. The molecule has 0 unspecified atom stereocenters. The molecule has 0 aliphatic heterocycles. The van der Waals surface area contributed by atoms with E-state index < -0.39 is 10.0 Å². The summed E-state index contributed by atoms with van der Waals surface area (Å²) in [6.07, 6.45) is 1.70. The fourth-order valence-electron chi connectivity index (χ4n) is 1.03. The molecule has 0 saturated carbocycles. The molecule has 5 heteroatoms. The third-order valence-electron chi connectivity index (χ3n) is 1.48. The highest BCUT2D eigenvalue weighted by Gasteiger charge is 2.14. The van der Waals surface area contributed by atoms with Crippen LogP contribution in [0, 0.1) is 0 Å². The lowest BCUT2D eigenvalue weighted by molar-refractivity contribution is 0.598. The zero-order chi connectivity index (χ0) is 9.19. The minimum atomic E-state index is -3.49. The maximum absolute atomic E-state index is 11.0. The molecule has 0 radical (unpaired) electrons. The second-order valence-electron chi connectivity index (χ2n) is 2.53. The molecular weight excluding hydrogens is 194 g/mol. The number of hydrogen-bond acceptors (Lipinski definition) is 3. The van der Waals surface area contributed by atoms with Crippen LogP contribution in [0.25, 0.3) is 0 Å². The van der Waals surface area contributed by atoms with Gasteiger partial charge in [0.2, 0.25) is 10.0 Å². The minimum absolute atomic E-state index is 0.310. The molecule has 1 rings (SSSR count). The Morgan fingerprint density at radius 2 is 2.25 bits per heavy atom. The third kappa shape index (κ3) is 2.06. The molecular formula is C7H11NO2S2. The summed E-state index contributed by atoms with van der Waals surface area (Å²) in [5.41, 5.74) is 0.838. The SMILES string of the molecule is CCCc1ccsc1S(N)(=O)=O. The van der Waals surface area contributed by atoms with Crippen molar-refractivity contribution < 1.29 is 8.42 Å². The normalized spacial score (nSPS) is 11.8. The molecule has 0 aliphatic carbocycles. The Morgan fingerprint density at radius 1 is 1.58 bits per heavy atom. The highest BCUT2D eigenvalue weighted by Crippen LogP contribution is 2.22. The number of aryl methyl sites for hydroxylation is 1. The molecule has 2 N–H and O–H groups in total. The Bertz CT molecular complexity index is 353. The van der Waals surface area contributed by atoms with Gasteiger partial charge in [-0.1, -0.05) is 13.3 Å². The first kappa shape index (κ1) is 9.70. The summed E-state index contributed by atoms with van der Waals surface area (Å²) < 4.78 is 22.3. The number of hydrogen-bond donors (Lipinski definition) is 1. The van der Waals surface area contributed by atoms with Crippen molar-refractivity contribution in [2.24, 2.45) is 5.14 Å². The molecule has 0 aliphatic rings. The second kappa shape index (κ2) is 3.55. The standard InChI is InChI=1S/C7H11NO2S2/c1-2-3-6-4-5-11-7(6)12(8,9)10/h4-5H,2-3H2,1H3,(H2,8,9,10). The summed E-state index contributed by atoms with van der Waals surface area (Å²) in [7, 11) is -3.49. The average Bonchev–Trinajstić information content (AvgIpc) is 2.34. The maximum atomic E-state index is 11.0. The zero-order valence-corrected chi connectivity index (χ0v) is 8.41. The third-order valence-corrected chi connectivity index (χ3v) is 4.00. The number of sulfonamides is 1. The predicted octanol–water partition coefficient (Wildman–Crippen LogP) is 1.35. The van der Waals surface area contributed by atoms with Crippen LogP contribution >= 0.6 is 11.3 Å². The van der Waals surface area contributed by atoms with Gasteiger partial charge in [-0.2, -0.15) is 0 Å². The minimum Gasteiger partial charge on any atom is -0.224 e. The van der Waals surface area contributed by atoms with Crippen LogP contribution in [-0.2, 0) is 16.4 Å². The van der Waals surface area contributed by atoms with Gasteiger partial charge in [0.05, 0.1) is 0 Å². The molecule has 1 heterocycles. The molecule has 3 nitrogen and oxygen atoms in total. The van der Waals surface area contributed by atoms with Crippen molar-refractivity contribution in [1.29, 1.82) is 0 Å². The van der Waals surface area contributed by atoms with Crippen LogP contribution in [0.15, 0.2) is 15.7 Å². The lowest BCUT2D eigenvalue weighted by atomic mass is 10.2. The Kier molecular flexibility index (Phi) is 2.87. The van der Waals surface area contributed by atoms with Gasteiger partial charge in [0.1, 0.15) is 4.21 Å². The molecule has 0 aromatic carbocycles. The fourth-order valence-corrected chi connectivity index (χ4v) is 2.94. The van der Waals surface area contributed by atoms with E-state index in [2.05, 4.69) is 0 Å². The fraction of sp³-hybridized carbons (Fsp3) is 0.429. The summed E-state index contributed by atoms with van der Waals surface area (Å²) in [6.45, 7) is 2.00. The molecule has 12 heavy (non-hydrogen) atoms. The van der Waals surface area contributed by atoms with Crippen LogP contribution in [0.5, 0.6) is 0 Å². The van der Waals surface area contributed by atoms with Gasteiger partial charge in [-0.3, -0.25) is 0 Å². The van der Waals surface area contributed by atoms with Crippen molar-refractivity contribution in [2.75, 3.05) is 0 Å². The van der Waals surface area contributed by atoms with E-state index in [9.17, 15) is 8.42 Å². The molecule has 0 atom stereocenters. The van der Waals surface area contributed by atoms with Crippen LogP contribution in [-0.4, -0.2) is 8.42 Å². The number of nitrogens with two attached hydrogens (primary N) is 1. The molecule has 0 fully saturated rings. The van der Waals surface area contributed by atoms with Gasteiger partial charge in [0, 0.05) is 0 Å². The van der Waals surface area contributed by atoms with Crippen molar-refractivity contribution in [3.63, 3.8) is 0 Å². The van der Waals surface area contributed by atoms with E-state index in [0.29, 0.717) is 4.21 Å². The quantitative estimate of drug-likeness (QED) is 0.809. The van der Waals surface area contributed by atoms with Crippen LogP contribution in [0.2, 0.25) is 0 Å². The Labute approximate surface area is 76.3 Å². The molecule has 0 amide bonds. The molecule has 1 aromatic rings. The van der Waals surface area contributed by atoms with Gasteiger partial charge in [-0.25, -0.2) is 13.6 Å². The average molecular weight is 205 g/mol. The van der Waals surface area contributed by atoms with Gasteiger partial charge in [-0.05, 0) is 23.4 Å². The van der Waals surface area contributed by atoms with E-state index in [0.717, 1.165) is 18.4 Å². The first-order valence-electron chi connectivity index (χ1n) is 3.65. The lowest BCUT2D eigenvalue weighted by Gasteiger charge is -1.97. The van der Waals surface area contributed by atoms with Gasteiger partial charge in [0.25, 0.3) is 0 Å². The largest absolute Gasteiger partial charge is 0.247 e. The topological polar surface area (TPSA) is 60.2 Å². The van der Waals surface area contributed by atoms with Gasteiger partial charge < -0.3 is 0 Å². The van der Waals surface area contributed by atoms with E-state index >= 15 is 0 Å². The molecule has 68 valence electrons. The lowest BCUT2D eigenvalue weighted by Crippen LogP contribution is -2.12. The first-order chi connectivity index (χ1) is 5.55. The van der Waals surface area contributed by atoms with E-state index in [1.54, 1.807) is 5.38 Å². The summed E-state index contributed by atoms with van der Waals surface area (Å²) in [4.78, 5) is 0. The summed E-state index contributed by atoms with van der Waals surface area (Å²) >= 11 is 1.18. The highest BCUT2D eigenvalue weighted by atomic mass is 32.2. The van der Waals surface area contributed by atoms with Crippen molar-refractivity contribution in [2.45, 2.75) is 24.0 Å². The molecule has 0 bridgehead atoms. The number of thiophene rings is 1. The highest BCUT2D eigenvalue weighted by molar-refractivity contribution is 7.91. The molecule has 1 aromatic heterocycles. The molecule has 0 saturated heterocycles. The van der Waals surface area contributed by atoms with Crippen LogP contribution in [0.3, 0.4) is 0 Å². The van der Waals surface area contributed by atoms with Crippen molar-refractivity contribution in [3.05, 3.63) is 17.0 Å². The van der Waals surface area contributed by atoms with E-state index in [1.807, 2.05) is 13.0 Å². The van der Waals surface area contributed by atoms with E-state index in [4.69, 9.17) is 5.14 Å². The predicted molar refractivity (Wildman–Crippen MR) is 49.7 cm³/mol. The zero-order valence-electron chi connectivity index (χ0n) is 6.78. The van der Waals surface area contributed by atoms with E-state index in [1.165, 1.54) is 11.3 Å². The Balaban J connectivity index is 3.08. The van der Waals surface area contributed by atoms with Crippen molar-refractivity contribution >= 4 is 21.4 Å². The van der Waals surface area contributed by atoms with Gasteiger partial charge in [-0.15, -0.1) is 11.3 Å². The Morgan fingerprint density at radius 3 is 2.75 bits per heavy atom. The smallest absolute Gasteiger partial charge is 0.224 e. The molecule has 0 spiro atoms.